The van der Waals surface area contributed by atoms with Crippen LogP contribution in [0.25, 0.3) is 21.9 Å². The summed E-state index contributed by atoms with van der Waals surface area (Å²) in [5, 5.41) is 49.5. The molecule has 0 saturated heterocycles. The van der Waals surface area contributed by atoms with Gasteiger partial charge in [0.1, 0.15) is 28.4 Å². The number of aryl methyl sites for hydroxylation is 4. The van der Waals surface area contributed by atoms with Crippen molar-refractivity contribution in [2.75, 3.05) is 10.6 Å². The molecule has 0 atom stereocenters. The van der Waals surface area contributed by atoms with Crippen LogP contribution in [-0.4, -0.2) is 4.98 Å². The summed E-state index contributed by atoms with van der Waals surface area (Å²) >= 11 is 1.23. The summed E-state index contributed by atoms with van der Waals surface area (Å²) in [4.78, 5) is 4.87. The lowest BCUT2D eigenvalue weighted by Crippen LogP contribution is -2.04. The monoisotopic (exact) mass is 721 g/mol. The summed E-state index contributed by atoms with van der Waals surface area (Å²) in [6.45, 7) is 10.00. The van der Waals surface area contributed by atoms with Gasteiger partial charge in [0.05, 0.1) is 11.3 Å². The van der Waals surface area contributed by atoms with Crippen LogP contribution in [0.5, 0.6) is 0 Å². The number of anilines is 4. The zero-order chi connectivity index (χ0) is 37.8. The Balaban J connectivity index is 1.34. The molecular formula is C44H35N9S. The lowest BCUT2D eigenvalue weighted by atomic mass is 10.0. The van der Waals surface area contributed by atoms with E-state index in [0.29, 0.717) is 55.3 Å². The van der Waals surface area contributed by atoms with Crippen molar-refractivity contribution in [2.45, 2.75) is 34.6 Å². The van der Waals surface area contributed by atoms with E-state index in [-0.39, 0.29) is 0 Å². The Labute approximate surface area is 318 Å². The molecule has 0 saturated carbocycles. The summed E-state index contributed by atoms with van der Waals surface area (Å²) in [6.07, 6.45) is 0. The fourth-order valence-corrected chi connectivity index (χ4v) is 7.08. The van der Waals surface area contributed by atoms with E-state index >= 15 is 0 Å². The van der Waals surface area contributed by atoms with Crippen LogP contribution in [0.2, 0.25) is 0 Å². The third kappa shape index (κ3) is 7.33. The Kier molecular flexibility index (Phi) is 10.0. The molecular weight excluding hydrogens is 687 g/mol. The number of azo groups is 2. The third-order valence-corrected chi connectivity index (χ3v) is 10.1. The van der Waals surface area contributed by atoms with Crippen LogP contribution >= 0.6 is 11.3 Å². The fraction of sp³-hybridized carbons (Fsp3) is 0.114. The van der Waals surface area contributed by atoms with Gasteiger partial charge in [-0.25, -0.2) is 4.98 Å². The second-order valence-corrected chi connectivity index (χ2v) is 14.0. The van der Waals surface area contributed by atoms with Crippen LogP contribution in [0, 0.1) is 57.3 Å². The number of nitrogens with zero attached hydrogens (tertiary/aromatic N) is 7. The predicted octanol–water partition coefficient (Wildman–Crippen LogP) is 13.6. The lowest BCUT2D eigenvalue weighted by Gasteiger charge is -2.16. The fourth-order valence-electron chi connectivity index (χ4n) is 6.16. The zero-order valence-electron chi connectivity index (χ0n) is 30.4. The first-order valence-corrected chi connectivity index (χ1v) is 18.1. The molecule has 9 nitrogen and oxygen atoms in total. The molecule has 5 aromatic carbocycles. The van der Waals surface area contributed by atoms with Crippen molar-refractivity contribution >= 4 is 66.5 Å². The van der Waals surface area contributed by atoms with Crippen LogP contribution in [0.15, 0.2) is 130 Å². The molecule has 54 heavy (non-hydrogen) atoms. The van der Waals surface area contributed by atoms with Gasteiger partial charge >= 0.3 is 0 Å². The van der Waals surface area contributed by atoms with E-state index in [1.165, 1.54) is 16.7 Å². The zero-order valence-corrected chi connectivity index (χ0v) is 31.2. The number of pyridine rings is 1. The molecule has 0 unspecified atom stereocenters. The van der Waals surface area contributed by atoms with Gasteiger partial charge < -0.3 is 10.6 Å². The Morgan fingerprint density at radius 1 is 0.574 bits per heavy atom. The standard InChI is InChI=1S/C44H35N9S/c1-26-14-18-32(19-15-26)47-41-37(24-45)30(5)40(42(49-41)48-33-20-16-27(2)17-21-33)51-52-43-38(25-46)39(31-11-7-6-8-12-31)44(54-43)53-50-34-22-29(4)35-13-9-10-28(3)36(35)23-34/h6-23H,1-5H3,(H2,47,48,49). The van der Waals surface area contributed by atoms with E-state index in [2.05, 4.69) is 65.0 Å². The molecule has 0 fully saturated rings. The smallest absolute Gasteiger partial charge is 0.161 e. The molecule has 0 aliphatic rings. The van der Waals surface area contributed by atoms with Gasteiger partial charge in [0.25, 0.3) is 0 Å². The van der Waals surface area contributed by atoms with Gasteiger partial charge in [-0.15, -0.1) is 20.5 Å². The highest BCUT2D eigenvalue weighted by atomic mass is 32.1. The van der Waals surface area contributed by atoms with Crippen LogP contribution in [-0.2, 0) is 0 Å². The number of nitriles is 2. The Morgan fingerprint density at radius 2 is 1.20 bits per heavy atom. The second kappa shape index (κ2) is 15.3. The average molecular weight is 722 g/mol. The van der Waals surface area contributed by atoms with Crippen LogP contribution in [0.4, 0.5) is 44.4 Å². The second-order valence-electron chi connectivity index (χ2n) is 13.0. The maximum Gasteiger partial charge on any atom is 0.161 e. The van der Waals surface area contributed by atoms with Crippen molar-refractivity contribution in [3.8, 4) is 23.3 Å². The first kappa shape index (κ1) is 35.4. The van der Waals surface area contributed by atoms with Crippen molar-refractivity contribution in [3.05, 3.63) is 148 Å². The molecule has 0 amide bonds. The van der Waals surface area contributed by atoms with Crippen LogP contribution in [0.1, 0.15) is 38.9 Å². The largest absolute Gasteiger partial charge is 0.339 e. The number of nitrogens with one attached hydrogen (secondary N) is 2. The summed E-state index contributed by atoms with van der Waals surface area (Å²) in [6, 6.07) is 40.3. The Morgan fingerprint density at radius 3 is 1.85 bits per heavy atom. The molecule has 0 radical (unpaired) electrons. The Bertz CT molecular complexity index is 2660. The molecule has 262 valence electrons. The van der Waals surface area contributed by atoms with E-state index in [4.69, 9.17) is 15.2 Å². The van der Waals surface area contributed by atoms with Gasteiger partial charge in [-0.05, 0) is 98.5 Å². The van der Waals surface area contributed by atoms with E-state index < -0.39 is 0 Å². The third-order valence-electron chi connectivity index (χ3n) is 9.10. The first-order chi connectivity index (χ1) is 26.2. The number of thiophene rings is 1. The maximum atomic E-state index is 10.6. The summed E-state index contributed by atoms with van der Waals surface area (Å²) in [5.41, 5.74) is 9.79. The molecule has 2 N–H and O–H groups in total. The number of hydrogen-bond donors (Lipinski definition) is 2. The highest BCUT2D eigenvalue weighted by molar-refractivity contribution is 7.20. The van der Waals surface area contributed by atoms with E-state index in [1.807, 2.05) is 112 Å². The molecule has 0 aliphatic carbocycles. The average Bonchev–Trinajstić information content (AvgIpc) is 3.53. The summed E-state index contributed by atoms with van der Waals surface area (Å²) < 4.78 is 0. The molecule has 10 heteroatoms. The first-order valence-electron chi connectivity index (χ1n) is 17.3. The summed E-state index contributed by atoms with van der Waals surface area (Å²) in [7, 11) is 0. The number of hydrogen-bond acceptors (Lipinski definition) is 10. The molecule has 0 aliphatic heterocycles. The minimum atomic E-state index is 0.325. The number of benzene rings is 5. The molecule has 0 spiro atoms. The normalized spacial score (nSPS) is 11.2. The lowest BCUT2D eigenvalue weighted by molar-refractivity contribution is 1.17. The molecule has 7 aromatic rings. The van der Waals surface area contributed by atoms with Gasteiger partial charge in [0.2, 0.25) is 0 Å². The molecule has 0 bridgehead atoms. The molecule has 7 rings (SSSR count). The SMILES string of the molecule is Cc1ccc(Nc2nc(Nc3ccc(C)cc3)c(N=Nc3sc(N=Nc4cc(C)c5cccc(C)c5c4)c(-c4ccccc4)c3C#N)c(C)c2C#N)cc1. The van der Waals surface area contributed by atoms with Crippen LogP contribution < -0.4 is 10.6 Å². The van der Waals surface area contributed by atoms with Crippen molar-refractivity contribution in [3.63, 3.8) is 0 Å². The van der Waals surface area contributed by atoms with Gasteiger partial charge in [0.15, 0.2) is 16.6 Å². The van der Waals surface area contributed by atoms with Crippen molar-refractivity contribution in [1.29, 1.82) is 10.5 Å². The number of aromatic nitrogens is 1. The van der Waals surface area contributed by atoms with Crippen molar-refractivity contribution in [1.82, 2.24) is 4.98 Å². The predicted molar refractivity (Wildman–Crippen MR) is 219 cm³/mol. The van der Waals surface area contributed by atoms with Gasteiger partial charge in [-0.3, -0.25) is 0 Å². The highest BCUT2D eigenvalue weighted by Gasteiger charge is 2.22. The maximum absolute atomic E-state index is 10.6. The topological polar surface area (TPSA) is 134 Å². The highest BCUT2D eigenvalue weighted by Crippen LogP contribution is 2.48. The summed E-state index contributed by atoms with van der Waals surface area (Å²) in [5.74, 6) is 0.781. The van der Waals surface area contributed by atoms with E-state index in [1.54, 1.807) is 0 Å². The quantitative estimate of drug-likeness (QED) is 0.143. The van der Waals surface area contributed by atoms with Gasteiger partial charge in [-0.1, -0.05) is 95.3 Å². The van der Waals surface area contributed by atoms with Crippen LogP contribution in [0.3, 0.4) is 0 Å². The minimum absolute atomic E-state index is 0.325. The number of fused-ring (bicyclic) bond motifs is 1. The number of rotatable bonds is 9. The van der Waals surface area contributed by atoms with Gasteiger partial charge in [-0.2, -0.15) is 10.5 Å². The minimum Gasteiger partial charge on any atom is -0.339 e. The molecule has 2 heterocycles. The Hall–Kier alpha value is -7.01. The van der Waals surface area contributed by atoms with Crippen molar-refractivity contribution in [2.24, 2.45) is 20.5 Å². The van der Waals surface area contributed by atoms with E-state index in [0.717, 1.165) is 44.6 Å². The van der Waals surface area contributed by atoms with E-state index in [9.17, 15) is 10.5 Å². The van der Waals surface area contributed by atoms with Crippen molar-refractivity contribution < 1.29 is 0 Å². The van der Waals surface area contributed by atoms with Gasteiger partial charge in [0, 0.05) is 22.5 Å². The molecule has 2 aromatic heterocycles.